The van der Waals surface area contributed by atoms with E-state index in [-0.39, 0.29) is 22.6 Å². The first kappa shape index (κ1) is 19.3. The molecule has 9 nitrogen and oxygen atoms in total. The van der Waals surface area contributed by atoms with E-state index < -0.39 is 16.9 Å². The highest BCUT2D eigenvalue weighted by Crippen LogP contribution is 2.37. The molecule has 1 atom stereocenters. The third-order valence-electron chi connectivity index (χ3n) is 3.98. The Labute approximate surface area is 163 Å². The molecular weight excluding hydrogens is 388 g/mol. The smallest absolute Gasteiger partial charge is 0.304 e. The molecule has 2 N–H and O–H groups in total. The number of nitro benzene ring substituents is 1. The molecule has 0 aliphatic carbocycles. The second-order valence-corrected chi connectivity index (χ2v) is 6.45. The van der Waals surface area contributed by atoms with Gasteiger partial charge in [-0.1, -0.05) is 11.6 Å². The molecule has 0 bridgehead atoms. The van der Waals surface area contributed by atoms with Gasteiger partial charge < -0.3 is 14.8 Å². The number of rotatable bonds is 5. The minimum absolute atomic E-state index is 0.0677. The molecule has 0 radical (unpaired) electrons. The van der Waals surface area contributed by atoms with Gasteiger partial charge in [-0.05, 0) is 43.7 Å². The fraction of sp³-hybridized carbons (Fsp3) is 0.167. The van der Waals surface area contributed by atoms with Crippen molar-refractivity contribution in [3.8, 4) is 11.6 Å². The van der Waals surface area contributed by atoms with Crippen molar-refractivity contribution in [3.63, 3.8) is 0 Å². The Morgan fingerprint density at radius 3 is 2.75 bits per heavy atom. The molecule has 1 heterocycles. The summed E-state index contributed by atoms with van der Waals surface area (Å²) in [7, 11) is 0. The van der Waals surface area contributed by atoms with Gasteiger partial charge >= 0.3 is 5.91 Å². The Morgan fingerprint density at radius 1 is 1.32 bits per heavy atom. The first-order valence-electron chi connectivity index (χ1n) is 8.13. The van der Waals surface area contributed by atoms with E-state index in [9.17, 15) is 20.0 Å². The van der Waals surface area contributed by atoms with Gasteiger partial charge in [-0.15, -0.1) is 10.2 Å². The number of nitrogens with zero attached hydrogens (tertiary/aromatic N) is 3. The standard InChI is InChI=1S/C18H15ClN4O5/c1-9-7-11(19)3-6-15(9)28-10(2)17(24)22-21-16-13-8-12(23(26)27)4-5-14(13)20-18(16)25/h3-8,10,20,25H,1-2H3. The SMILES string of the molecule is Cc1cc(Cl)ccc1OC(C)C(=O)N=Nc1c(O)[nH]c2ccc([N+](=O)[O-])cc12. The van der Waals surface area contributed by atoms with Crippen molar-refractivity contribution < 1.29 is 19.6 Å². The van der Waals surface area contributed by atoms with Crippen molar-refractivity contribution in [1.82, 2.24) is 4.98 Å². The second-order valence-electron chi connectivity index (χ2n) is 6.02. The molecule has 1 amide bonds. The van der Waals surface area contributed by atoms with Crippen LogP contribution in [-0.4, -0.2) is 27.0 Å². The molecule has 0 aliphatic rings. The number of halogens is 1. The van der Waals surface area contributed by atoms with Gasteiger partial charge in [0.05, 0.1) is 10.4 Å². The van der Waals surface area contributed by atoms with Crippen molar-refractivity contribution in [3.05, 3.63) is 57.1 Å². The summed E-state index contributed by atoms with van der Waals surface area (Å²) in [5.74, 6) is -0.561. The number of aromatic amines is 1. The maximum atomic E-state index is 12.2. The molecule has 3 rings (SSSR count). The quantitative estimate of drug-likeness (QED) is 0.359. The van der Waals surface area contributed by atoms with E-state index in [0.29, 0.717) is 16.3 Å². The molecule has 28 heavy (non-hydrogen) atoms. The van der Waals surface area contributed by atoms with Crippen molar-refractivity contribution in [1.29, 1.82) is 0 Å². The summed E-state index contributed by atoms with van der Waals surface area (Å²) in [6.07, 6.45) is -0.940. The van der Waals surface area contributed by atoms with Crippen LogP contribution in [0.2, 0.25) is 5.02 Å². The van der Waals surface area contributed by atoms with Gasteiger partial charge in [-0.25, -0.2) is 0 Å². The van der Waals surface area contributed by atoms with Crippen LogP contribution in [-0.2, 0) is 4.79 Å². The van der Waals surface area contributed by atoms with Gasteiger partial charge in [-0.3, -0.25) is 14.9 Å². The molecule has 1 unspecified atom stereocenters. The van der Waals surface area contributed by atoms with E-state index in [2.05, 4.69) is 15.2 Å². The van der Waals surface area contributed by atoms with Crippen molar-refractivity contribution in [2.45, 2.75) is 20.0 Å². The number of H-pyrrole nitrogens is 1. The summed E-state index contributed by atoms with van der Waals surface area (Å²) < 4.78 is 5.58. The number of non-ortho nitro benzene ring substituents is 1. The number of aryl methyl sites for hydroxylation is 1. The number of carbonyl (C=O) groups is 1. The predicted molar refractivity (Wildman–Crippen MR) is 102 cm³/mol. The molecule has 0 spiro atoms. The minimum Gasteiger partial charge on any atom is -0.493 e. The van der Waals surface area contributed by atoms with Crippen LogP contribution in [0.15, 0.2) is 46.6 Å². The van der Waals surface area contributed by atoms with Crippen molar-refractivity contribution >= 4 is 39.8 Å². The molecule has 0 aliphatic heterocycles. The first-order valence-corrected chi connectivity index (χ1v) is 8.51. The zero-order chi connectivity index (χ0) is 20.4. The zero-order valence-corrected chi connectivity index (χ0v) is 15.6. The van der Waals surface area contributed by atoms with Gasteiger partial charge in [0.25, 0.3) is 5.69 Å². The van der Waals surface area contributed by atoms with E-state index in [1.807, 2.05) is 0 Å². The predicted octanol–water partition coefficient (Wildman–Crippen LogP) is 4.82. The topological polar surface area (TPSA) is 130 Å². The Bertz CT molecular complexity index is 1110. The lowest BCUT2D eigenvalue weighted by molar-refractivity contribution is -0.384. The van der Waals surface area contributed by atoms with Crippen LogP contribution in [0.5, 0.6) is 11.6 Å². The van der Waals surface area contributed by atoms with Gasteiger partial charge in [0.15, 0.2) is 11.8 Å². The molecule has 10 heteroatoms. The number of ether oxygens (including phenoxy) is 1. The third kappa shape index (κ3) is 3.94. The Morgan fingerprint density at radius 2 is 2.07 bits per heavy atom. The van der Waals surface area contributed by atoms with Gasteiger partial charge in [-0.2, -0.15) is 0 Å². The normalized spacial score (nSPS) is 12.4. The maximum Gasteiger partial charge on any atom is 0.304 e. The highest BCUT2D eigenvalue weighted by Gasteiger charge is 2.18. The number of benzene rings is 2. The average Bonchev–Trinajstić information content (AvgIpc) is 2.96. The average molecular weight is 403 g/mol. The molecule has 0 fully saturated rings. The molecule has 0 saturated carbocycles. The Balaban J connectivity index is 1.82. The van der Waals surface area contributed by atoms with Crippen LogP contribution in [0.4, 0.5) is 11.4 Å². The number of hydrogen-bond acceptors (Lipinski definition) is 6. The summed E-state index contributed by atoms with van der Waals surface area (Å²) >= 11 is 5.89. The minimum atomic E-state index is -0.940. The number of fused-ring (bicyclic) bond motifs is 1. The number of amides is 1. The van der Waals surface area contributed by atoms with E-state index in [0.717, 1.165) is 5.56 Å². The lowest BCUT2D eigenvalue weighted by Crippen LogP contribution is -2.21. The maximum absolute atomic E-state index is 12.2. The summed E-state index contributed by atoms with van der Waals surface area (Å²) in [6, 6.07) is 8.94. The monoisotopic (exact) mass is 402 g/mol. The highest BCUT2D eigenvalue weighted by atomic mass is 35.5. The number of aromatic nitrogens is 1. The van der Waals surface area contributed by atoms with Gasteiger partial charge in [0.1, 0.15) is 5.75 Å². The lowest BCUT2D eigenvalue weighted by Gasteiger charge is -2.13. The number of aromatic hydroxyl groups is 1. The van der Waals surface area contributed by atoms with E-state index in [1.165, 1.54) is 25.1 Å². The molecule has 0 saturated heterocycles. The summed E-state index contributed by atoms with van der Waals surface area (Å²) in [5, 5.41) is 29.1. The van der Waals surface area contributed by atoms with Gasteiger partial charge in [0, 0.05) is 22.5 Å². The van der Waals surface area contributed by atoms with Crippen LogP contribution in [0, 0.1) is 17.0 Å². The highest BCUT2D eigenvalue weighted by molar-refractivity contribution is 6.30. The fourth-order valence-electron chi connectivity index (χ4n) is 2.53. The van der Waals surface area contributed by atoms with Crippen LogP contribution in [0.1, 0.15) is 12.5 Å². The van der Waals surface area contributed by atoms with Crippen LogP contribution in [0.25, 0.3) is 10.9 Å². The Hall–Kier alpha value is -3.46. The molecule has 1 aromatic heterocycles. The number of azo groups is 1. The van der Waals surface area contributed by atoms with Crippen molar-refractivity contribution in [2.75, 3.05) is 0 Å². The van der Waals surface area contributed by atoms with Crippen molar-refractivity contribution in [2.24, 2.45) is 10.2 Å². The fourth-order valence-corrected chi connectivity index (χ4v) is 2.76. The molecule has 3 aromatic rings. The van der Waals surface area contributed by atoms with Crippen LogP contribution in [0.3, 0.4) is 0 Å². The number of nitro groups is 1. The number of nitrogens with one attached hydrogen (secondary N) is 1. The zero-order valence-electron chi connectivity index (χ0n) is 14.8. The number of hydrogen-bond donors (Lipinski definition) is 2. The van der Waals surface area contributed by atoms with E-state index >= 15 is 0 Å². The molecule has 2 aromatic carbocycles. The molecular formula is C18H15ClN4O5. The Kier molecular flexibility index (Phi) is 5.27. The summed E-state index contributed by atoms with van der Waals surface area (Å²) in [4.78, 5) is 25.2. The first-order chi connectivity index (χ1) is 13.3. The number of carbonyl (C=O) groups excluding carboxylic acids is 1. The third-order valence-corrected chi connectivity index (χ3v) is 4.22. The lowest BCUT2D eigenvalue weighted by atomic mass is 10.2. The molecule has 144 valence electrons. The van der Waals surface area contributed by atoms with E-state index in [1.54, 1.807) is 25.1 Å². The van der Waals surface area contributed by atoms with Crippen LogP contribution >= 0.6 is 11.6 Å². The second kappa shape index (κ2) is 7.65. The summed E-state index contributed by atoms with van der Waals surface area (Å²) in [5.41, 5.74) is 0.933. The van der Waals surface area contributed by atoms with Crippen LogP contribution < -0.4 is 4.74 Å². The van der Waals surface area contributed by atoms with Gasteiger partial charge in [0.2, 0.25) is 5.88 Å². The van der Waals surface area contributed by atoms with E-state index in [4.69, 9.17) is 16.3 Å². The largest absolute Gasteiger partial charge is 0.493 e. The summed E-state index contributed by atoms with van der Waals surface area (Å²) in [6.45, 7) is 3.30.